The molecule has 0 aliphatic carbocycles. The summed E-state index contributed by atoms with van der Waals surface area (Å²) in [7, 11) is -2.83. The Labute approximate surface area is 102 Å². The van der Waals surface area contributed by atoms with Gasteiger partial charge in [-0.15, -0.1) is 0 Å². The topological polar surface area (TPSA) is 106 Å². The molecule has 6 nitrogen and oxygen atoms in total. The molecule has 0 heterocycles. The van der Waals surface area contributed by atoms with Crippen molar-refractivity contribution >= 4 is 35.5 Å². The number of carboxylic acid groups (broad SMARTS) is 1. The molecule has 0 atom stereocenters. The zero-order valence-corrected chi connectivity index (χ0v) is 10.8. The summed E-state index contributed by atoms with van der Waals surface area (Å²) in [6.07, 6.45) is 0.878. The van der Waals surface area contributed by atoms with Crippen LogP contribution in [0.3, 0.4) is 0 Å². The third kappa shape index (κ3) is 3.18. The first-order chi connectivity index (χ1) is 7.53. The van der Waals surface area contributed by atoms with Gasteiger partial charge < -0.3 is 5.11 Å². The zero-order valence-electron chi connectivity index (χ0n) is 8.41. The predicted octanol–water partition coefficient (Wildman–Crippen LogP) is 0.716. The lowest BCUT2D eigenvalue weighted by atomic mass is 10.2. The molecule has 0 aliphatic rings. The molecule has 0 fully saturated rings. The van der Waals surface area contributed by atoms with E-state index in [-0.39, 0.29) is 4.90 Å². The smallest absolute Gasteiger partial charge is 0.337 e. The van der Waals surface area contributed by atoms with Crippen molar-refractivity contribution in [3.63, 3.8) is 0 Å². The lowest BCUT2D eigenvalue weighted by Gasteiger charge is -2.04. The first-order valence-corrected chi connectivity index (χ1v) is 8.25. The fourth-order valence-electron chi connectivity index (χ4n) is 1.12. The van der Waals surface area contributed by atoms with Crippen molar-refractivity contribution in [1.29, 1.82) is 0 Å². The van der Waals surface area contributed by atoms with Crippen molar-refractivity contribution in [3.8, 4) is 0 Å². The van der Waals surface area contributed by atoms with Gasteiger partial charge in [-0.25, -0.2) is 21.6 Å². The highest BCUT2D eigenvalue weighted by molar-refractivity contribution is 8.13. The van der Waals surface area contributed by atoms with Crippen molar-refractivity contribution in [1.82, 2.24) is 0 Å². The van der Waals surface area contributed by atoms with Crippen LogP contribution in [0.5, 0.6) is 0 Å². The van der Waals surface area contributed by atoms with Crippen LogP contribution in [0.25, 0.3) is 0 Å². The van der Waals surface area contributed by atoms with E-state index < -0.39 is 35.3 Å². The van der Waals surface area contributed by atoms with E-state index in [1.54, 1.807) is 0 Å². The fourth-order valence-corrected chi connectivity index (χ4v) is 2.81. The van der Waals surface area contributed by atoms with Gasteiger partial charge in [-0.05, 0) is 18.2 Å². The average Bonchev–Trinajstić information content (AvgIpc) is 2.14. The van der Waals surface area contributed by atoms with Crippen LogP contribution in [-0.2, 0) is 18.9 Å². The van der Waals surface area contributed by atoms with Gasteiger partial charge >= 0.3 is 5.97 Å². The van der Waals surface area contributed by atoms with Crippen LogP contribution in [0.4, 0.5) is 0 Å². The molecule has 0 unspecified atom stereocenters. The summed E-state index contributed by atoms with van der Waals surface area (Å²) in [5.41, 5.74) is -0.678. The van der Waals surface area contributed by atoms with Crippen LogP contribution in [0, 0.1) is 0 Å². The Bertz CT molecular complexity index is 674. The fraction of sp³-hybridized carbons (Fsp3) is 0.125. The number of carbonyl (C=O) groups is 1. The summed E-state index contributed by atoms with van der Waals surface area (Å²) < 4.78 is 44.5. The second-order valence-corrected chi connectivity index (χ2v) is 7.72. The Morgan fingerprint density at radius 3 is 2.12 bits per heavy atom. The van der Waals surface area contributed by atoms with E-state index in [4.69, 9.17) is 15.8 Å². The minimum Gasteiger partial charge on any atom is -0.478 e. The molecule has 17 heavy (non-hydrogen) atoms. The zero-order chi connectivity index (χ0) is 13.4. The van der Waals surface area contributed by atoms with Crippen LogP contribution in [0.15, 0.2) is 28.0 Å². The summed E-state index contributed by atoms with van der Waals surface area (Å²) >= 11 is 0. The minimum atomic E-state index is -4.24. The molecular formula is C8H7ClO6S2. The molecule has 0 amide bonds. The minimum absolute atomic E-state index is 0.293. The molecule has 1 N–H and O–H groups in total. The number of halogens is 1. The molecule has 94 valence electrons. The van der Waals surface area contributed by atoms with Crippen LogP contribution in [0.1, 0.15) is 10.4 Å². The Balaban J connectivity index is 3.66. The van der Waals surface area contributed by atoms with Crippen molar-refractivity contribution in [3.05, 3.63) is 23.8 Å². The molecule has 0 aromatic heterocycles. The number of hydrogen-bond acceptors (Lipinski definition) is 5. The standard InChI is InChI=1S/C8H7ClO6S2/c1-16(12,13)5-2-3-7(17(9,14)15)6(4-5)8(10)11/h2-4H,1H3,(H,10,11). The molecular weight excluding hydrogens is 292 g/mol. The van der Waals surface area contributed by atoms with Crippen LogP contribution in [0.2, 0.25) is 0 Å². The number of aromatic carboxylic acids is 1. The summed E-state index contributed by atoms with van der Waals surface area (Å²) in [5, 5.41) is 8.80. The third-order valence-electron chi connectivity index (χ3n) is 1.87. The van der Waals surface area contributed by atoms with Crippen molar-refractivity contribution in [2.75, 3.05) is 6.26 Å². The molecule has 0 saturated heterocycles. The van der Waals surface area contributed by atoms with Crippen molar-refractivity contribution in [2.45, 2.75) is 9.79 Å². The predicted molar refractivity (Wildman–Crippen MR) is 59.5 cm³/mol. The summed E-state index contributed by atoms with van der Waals surface area (Å²) in [6, 6.07) is 2.59. The van der Waals surface area contributed by atoms with E-state index in [9.17, 15) is 21.6 Å². The second kappa shape index (κ2) is 4.28. The first kappa shape index (κ1) is 13.9. The third-order valence-corrected chi connectivity index (χ3v) is 4.36. The van der Waals surface area contributed by atoms with Gasteiger partial charge in [0.1, 0.15) is 0 Å². The van der Waals surface area contributed by atoms with Crippen molar-refractivity contribution < 1.29 is 26.7 Å². The molecule has 0 spiro atoms. The number of benzene rings is 1. The van der Waals surface area contributed by atoms with Crippen LogP contribution >= 0.6 is 10.7 Å². The average molecular weight is 299 g/mol. The van der Waals surface area contributed by atoms with Gasteiger partial charge in [0.2, 0.25) is 0 Å². The van der Waals surface area contributed by atoms with Gasteiger partial charge in [0.05, 0.1) is 15.4 Å². The van der Waals surface area contributed by atoms with E-state index in [1.807, 2.05) is 0 Å². The van der Waals surface area contributed by atoms with Crippen LogP contribution in [-0.4, -0.2) is 34.2 Å². The lowest BCUT2D eigenvalue weighted by molar-refractivity contribution is 0.0692. The summed E-state index contributed by atoms with van der Waals surface area (Å²) in [5.74, 6) is -1.57. The molecule has 0 saturated carbocycles. The quantitative estimate of drug-likeness (QED) is 0.824. The van der Waals surface area contributed by atoms with Gasteiger partial charge in [-0.2, -0.15) is 0 Å². The van der Waals surface area contributed by atoms with Gasteiger partial charge in [0.15, 0.2) is 9.84 Å². The second-order valence-electron chi connectivity index (χ2n) is 3.17. The van der Waals surface area contributed by atoms with Crippen LogP contribution < -0.4 is 0 Å². The highest BCUT2D eigenvalue weighted by atomic mass is 35.7. The van der Waals surface area contributed by atoms with E-state index in [1.165, 1.54) is 0 Å². The lowest BCUT2D eigenvalue weighted by Crippen LogP contribution is -2.07. The first-order valence-electron chi connectivity index (χ1n) is 4.05. The molecule has 9 heteroatoms. The molecule has 1 aromatic rings. The molecule has 0 radical (unpaired) electrons. The number of hydrogen-bond donors (Lipinski definition) is 1. The Morgan fingerprint density at radius 1 is 1.24 bits per heavy atom. The molecule has 1 rings (SSSR count). The monoisotopic (exact) mass is 298 g/mol. The highest BCUT2D eigenvalue weighted by Gasteiger charge is 2.22. The summed E-state index contributed by atoms with van der Waals surface area (Å²) in [4.78, 5) is 9.90. The molecule has 0 bridgehead atoms. The SMILES string of the molecule is CS(=O)(=O)c1ccc(S(=O)(=O)Cl)c(C(=O)O)c1. The van der Waals surface area contributed by atoms with E-state index >= 15 is 0 Å². The maximum atomic E-state index is 11.2. The normalized spacial score (nSPS) is 12.4. The largest absolute Gasteiger partial charge is 0.478 e. The van der Waals surface area contributed by atoms with E-state index in [2.05, 4.69) is 0 Å². The Hall–Kier alpha value is -1.12. The molecule has 1 aromatic carbocycles. The number of rotatable bonds is 3. The van der Waals surface area contributed by atoms with Gasteiger partial charge in [0, 0.05) is 16.9 Å². The maximum absolute atomic E-state index is 11.2. The Morgan fingerprint density at radius 2 is 1.76 bits per heavy atom. The van der Waals surface area contributed by atoms with Crippen molar-refractivity contribution in [2.24, 2.45) is 0 Å². The van der Waals surface area contributed by atoms with E-state index in [0.29, 0.717) is 0 Å². The van der Waals surface area contributed by atoms with E-state index in [0.717, 1.165) is 24.5 Å². The Kier molecular flexibility index (Phi) is 3.51. The van der Waals surface area contributed by atoms with Gasteiger partial charge in [0.25, 0.3) is 9.05 Å². The maximum Gasteiger partial charge on any atom is 0.337 e. The summed E-state index contributed by atoms with van der Waals surface area (Å²) in [6.45, 7) is 0. The van der Waals surface area contributed by atoms with Gasteiger partial charge in [-0.1, -0.05) is 0 Å². The molecule has 0 aliphatic heterocycles. The van der Waals surface area contributed by atoms with Gasteiger partial charge in [-0.3, -0.25) is 0 Å². The number of carboxylic acids is 1. The number of sulfone groups is 1. The highest BCUT2D eigenvalue weighted by Crippen LogP contribution is 2.23.